The SMILES string of the molecule is CC(C)N(c1nc(Cl)ncc1[N+](=O)[O-])C(C)C. The minimum absolute atomic E-state index is 0.0110. The average molecular weight is 259 g/mol. The molecule has 0 spiro atoms. The molecule has 17 heavy (non-hydrogen) atoms. The lowest BCUT2D eigenvalue weighted by Crippen LogP contribution is -2.38. The van der Waals surface area contributed by atoms with Gasteiger partial charge in [0.15, 0.2) is 0 Å². The van der Waals surface area contributed by atoms with E-state index >= 15 is 0 Å². The molecule has 0 saturated heterocycles. The molecule has 0 aliphatic carbocycles. The van der Waals surface area contributed by atoms with E-state index in [4.69, 9.17) is 11.6 Å². The summed E-state index contributed by atoms with van der Waals surface area (Å²) >= 11 is 5.70. The lowest BCUT2D eigenvalue weighted by atomic mass is 10.2. The summed E-state index contributed by atoms with van der Waals surface area (Å²) in [7, 11) is 0. The minimum atomic E-state index is -0.497. The highest BCUT2D eigenvalue weighted by atomic mass is 35.5. The molecule has 0 N–H and O–H groups in total. The Labute approximate surface area is 105 Å². The molecule has 1 heterocycles. The second-order valence-electron chi connectivity index (χ2n) is 4.20. The van der Waals surface area contributed by atoms with Gasteiger partial charge in [-0.05, 0) is 39.3 Å². The molecule has 1 aromatic rings. The summed E-state index contributed by atoms with van der Waals surface area (Å²) < 4.78 is 0. The van der Waals surface area contributed by atoms with Crippen LogP contribution < -0.4 is 4.90 Å². The van der Waals surface area contributed by atoms with Crippen molar-refractivity contribution >= 4 is 23.1 Å². The summed E-state index contributed by atoms with van der Waals surface area (Å²) in [6, 6.07) is 0.166. The van der Waals surface area contributed by atoms with Crippen molar-refractivity contribution < 1.29 is 4.92 Å². The first-order chi connectivity index (χ1) is 7.84. The van der Waals surface area contributed by atoms with Crippen LogP contribution in [0.4, 0.5) is 11.5 Å². The van der Waals surface area contributed by atoms with E-state index in [-0.39, 0.29) is 28.9 Å². The fraction of sp³-hybridized carbons (Fsp3) is 0.600. The molecule has 0 radical (unpaired) electrons. The van der Waals surface area contributed by atoms with Crippen molar-refractivity contribution in [1.29, 1.82) is 0 Å². The molecule has 0 aromatic carbocycles. The highest BCUT2D eigenvalue weighted by molar-refractivity contribution is 6.28. The highest BCUT2D eigenvalue weighted by Crippen LogP contribution is 2.29. The van der Waals surface area contributed by atoms with Gasteiger partial charge in [-0.25, -0.2) is 4.98 Å². The van der Waals surface area contributed by atoms with Crippen LogP contribution in [0, 0.1) is 10.1 Å². The third kappa shape index (κ3) is 3.03. The molecule has 1 aromatic heterocycles. The van der Waals surface area contributed by atoms with E-state index < -0.39 is 4.92 Å². The molecule has 0 saturated carbocycles. The Morgan fingerprint density at radius 3 is 2.29 bits per heavy atom. The summed E-state index contributed by atoms with van der Waals surface area (Å²) in [5.74, 6) is 0.264. The van der Waals surface area contributed by atoms with Gasteiger partial charge in [0.1, 0.15) is 6.20 Å². The van der Waals surface area contributed by atoms with Crippen molar-refractivity contribution in [1.82, 2.24) is 9.97 Å². The van der Waals surface area contributed by atoms with Gasteiger partial charge in [0.05, 0.1) is 4.92 Å². The largest absolute Gasteiger partial charge is 0.346 e. The topological polar surface area (TPSA) is 72.2 Å². The number of hydrogen-bond donors (Lipinski definition) is 0. The van der Waals surface area contributed by atoms with Crippen LogP contribution in [-0.4, -0.2) is 27.0 Å². The van der Waals surface area contributed by atoms with E-state index in [1.165, 1.54) is 0 Å². The number of hydrogen-bond acceptors (Lipinski definition) is 5. The predicted molar refractivity (Wildman–Crippen MR) is 66.4 cm³/mol. The second kappa shape index (κ2) is 5.27. The van der Waals surface area contributed by atoms with E-state index in [0.29, 0.717) is 0 Å². The summed E-state index contributed by atoms with van der Waals surface area (Å²) in [6.45, 7) is 7.78. The summed E-state index contributed by atoms with van der Waals surface area (Å²) in [6.07, 6.45) is 1.14. The molecular formula is C10H15ClN4O2. The third-order valence-electron chi connectivity index (χ3n) is 2.27. The lowest BCUT2D eigenvalue weighted by molar-refractivity contribution is -0.384. The van der Waals surface area contributed by atoms with Gasteiger partial charge in [0, 0.05) is 12.1 Å². The normalized spacial score (nSPS) is 11.0. The van der Waals surface area contributed by atoms with Gasteiger partial charge in [-0.1, -0.05) is 0 Å². The van der Waals surface area contributed by atoms with Gasteiger partial charge in [-0.15, -0.1) is 0 Å². The van der Waals surface area contributed by atoms with Crippen LogP contribution in [0.15, 0.2) is 6.20 Å². The Kier molecular flexibility index (Phi) is 4.22. The summed E-state index contributed by atoms with van der Waals surface area (Å²) in [4.78, 5) is 19.9. The number of halogens is 1. The van der Waals surface area contributed by atoms with Crippen LogP contribution in [0.25, 0.3) is 0 Å². The Morgan fingerprint density at radius 2 is 1.88 bits per heavy atom. The molecule has 0 fully saturated rings. The van der Waals surface area contributed by atoms with Crippen LogP contribution in [0.2, 0.25) is 5.28 Å². The highest BCUT2D eigenvalue weighted by Gasteiger charge is 2.26. The summed E-state index contributed by atoms with van der Waals surface area (Å²) in [5.41, 5.74) is -0.128. The van der Waals surface area contributed by atoms with Crippen LogP contribution in [0.3, 0.4) is 0 Å². The first kappa shape index (κ1) is 13.6. The third-order valence-corrected chi connectivity index (χ3v) is 2.46. The van der Waals surface area contributed by atoms with Crippen LogP contribution in [0.5, 0.6) is 0 Å². The maximum absolute atomic E-state index is 10.9. The van der Waals surface area contributed by atoms with Crippen LogP contribution in [0.1, 0.15) is 27.7 Å². The van der Waals surface area contributed by atoms with Gasteiger partial charge < -0.3 is 4.90 Å². The minimum Gasteiger partial charge on any atom is -0.346 e. The van der Waals surface area contributed by atoms with Gasteiger partial charge in [0.25, 0.3) is 0 Å². The quantitative estimate of drug-likeness (QED) is 0.472. The first-order valence-electron chi connectivity index (χ1n) is 5.29. The van der Waals surface area contributed by atoms with E-state index in [1.807, 2.05) is 32.6 Å². The molecule has 0 aliphatic rings. The molecule has 1 rings (SSSR count). The zero-order valence-electron chi connectivity index (χ0n) is 10.2. The summed E-state index contributed by atoms with van der Waals surface area (Å²) in [5, 5.41) is 10.9. The standard InChI is InChI=1S/C10H15ClN4O2/c1-6(2)14(7(3)4)9-8(15(16)17)5-12-10(11)13-9/h5-7H,1-4H3. The van der Waals surface area contributed by atoms with Gasteiger partial charge in [-0.2, -0.15) is 4.98 Å². The van der Waals surface area contributed by atoms with Gasteiger partial charge in [-0.3, -0.25) is 10.1 Å². The van der Waals surface area contributed by atoms with Crippen LogP contribution in [-0.2, 0) is 0 Å². The van der Waals surface area contributed by atoms with E-state index in [9.17, 15) is 10.1 Å². The van der Waals surface area contributed by atoms with Gasteiger partial charge in [0.2, 0.25) is 11.1 Å². The van der Waals surface area contributed by atoms with Crippen molar-refractivity contribution in [3.63, 3.8) is 0 Å². The zero-order chi connectivity index (χ0) is 13.2. The first-order valence-corrected chi connectivity index (χ1v) is 5.67. The molecule has 0 bridgehead atoms. The number of rotatable bonds is 4. The maximum atomic E-state index is 10.9. The molecule has 94 valence electrons. The second-order valence-corrected chi connectivity index (χ2v) is 4.54. The Morgan fingerprint density at radius 1 is 1.35 bits per heavy atom. The monoisotopic (exact) mass is 258 g/mol. The predicted octanol–water partition coefficient (Wildman–Crippen LogP) is 2.66. The van der Waals surface area contributed by atoms with E-state index in [2.05, 4.69) is 9.97 Å². The Balaban J connectivity index is 3.34. The van der Waals surface area contributed by atoms with Gasteiger partial charge >= 0.3 is 5.69 Å². The van der Waals surface area contributed by atoms with Crippen molar-refractivity contribution in [2.24, 2.45) is 0 Å². The van der Waals surface area contributed by atoms with Crippen molar-refractivity contribution in [3.05, 3.63) is 21.6 Å². The Hall–Kier alpha value is -1.43. The molecule has 7 heteroatoms. The zero-order valence-corrected chi connectivity index (χ0v) is 11.0. The van der Waals surface area contributed by atoms with E-state index in [0.717, 1.165) is 6.20 Å². The van der Waals surface area contributed by atoms with Crippen molar-refractivity contribution in [3.8, 4) is 0 Å². The maximum Gasteiger partial charge on any atom is 0.329 e. The molecular weight excluding hydrogens is 244 g/mol. The fourth-order valence-corrected chi connectivity index (χ4v) is 1.88. The lowest BCUT2D eigenvalue weighted by Gasteiger charge is -2.31. The molecule has 0 unspecified atom stereocenters. The molecule has 0 amide bonds. The number of nitro groups is 1. The smallest absolute Gasteiger partial charge is 0.329 e. The Bertz CT molecular complexity index is 415. The molecule has 0 aliphatic heterocycles. The average Bonchev–Trinajstić information content (AvgIpc) is 2.15. The van der Waals surface area contributed by atoms with Crippen LogP contribution >= 0.6 is 11.6 Å². The number of aromatic nitrogens is 2. The van der Waals surface area contributed by atoms with Crippen molar-refractivity contribution in [2.75, 3.05) is 4.90 Å². The van der Waals surface area contributed by atoms with E-state index in [1.54, 1.807) is 0 Å². The van der Waals surface area contributed by atoms with Crippen molar-refractivity contribution in [2.45, 2.75) is 39.8 Å². The fourth-order valence-electron chi connectivity index (χ4n) is 1.75. The number of anilines is 1. The number of nitrogens with zero attached hydrogens (tertiary/aromatic N) is 4. The molecule has 0 atom stereocenters. The molecule has 6 nitrogen and oxygen atoms in total.